The number of nitrogens with one attached hydrogen (secondary N) is 1. The van der Waals surface area contributed by atoms with Crippen LogP contribution in [0.5, 0.6) is 11.5 Å². The van der Waals surface area contributed by atoms with Crippen LogP contribution in [-0.2, 0) is 4.79 Å². The van der Waals surface area contributed by atoms with Gasteiger partial charge in [-0.1, -0.05) is 30.3 Å². The number of aliphatic carboxylic acids is 1. The molecule has 7 nitrogen and oxygen atoms in total. The summed E-state index contributed by atoms with van der Waals surface area (Å²) < 4.78 is 14.1. The van der Waals surface area contributed by atoms with Gasteiger partial charge < -0.3 is 19.9 Å². The second kappa shape index (κ2) is 7.55. The summed E-state index contributed by atoms with van der Waals surface area (Å²) >= 11 is 0. The maximum absolute atomic E-state index is 11.1. The fraction of sp³-hybridized carbons (Fsp3) is 0.231. The van der Waals surface area contributed by atoms with Crippen molar-refractivity contribution in [2.75, 3.05) is 18.5 Å². The number of benzene rings is 3. The number of nitrogens with zero attached hydrogens (tertiary/aromatic N) is 2. The molecular weight excluding hydrogens is 418 g/mol. The van der Waals surface area contributed by atoms with Crippen molar-refractivity contribution in [2.45, 2.75) is 25.3 Å². The molecule has 7 heteroatoms. The van der Waals surface area contributed by atoms with Crippen LogP contribution in [0.25, 0.3) is 16.7 Å². The lowest BCUT2D eigenvalue weighted by Crippen LogP contribution is -2.11. The summed E-state index contributed by atoms with van der Waals surface area (Å²) in [5.41, 5.74) is 5.96. The van der Waals surface area contributed by atoms with Crippen molar-refractivity contribution in [3.05, 3.63) is 77.6 Å². The molecule has 0 saturated heterocycles. The summed E-state index contributed by atoms with van der Waals surface area (Å²) in [5.74, 6) is 1.61. The first-order valence-corrected chi connectivity index (χ1v) is 11.0. The van der Waals surface area contributed by atoms with Crippen molar-refractivity contribution in [1.29, 1.82) is 0 Å². The largest absolute Gasteiger partial charge is 0.493 e. The number of para-hydroxylation sites is 3. The van der Waals surface area contributed by atoms with E-state index < -0.39 is 5.97 Å². The van der Waals surface area contributed by atoms with Gasteiger partial charge in [-0.15, -0.1) is 0 Å². The van der Waals surface area contributed by atoms with Crippen LogP contribution in [0, 0.1) is 6.92 Å². The highest BCUT2D eigenvalue weighted by atomic mass is 16.5. The Morgan fingerprint density at radius 1 is 1.09 bits per heavy atom. The van der Waals surface area contributed by atoms with Crippen LogP contribution in [-0.4, -0.2) is 33.8 Å². The van der Waals surface area contributed by atoms with Crippen LogP contribution < -0.4 is 14.8 Å². The van der Waals surface area contributed by atoms with Crippen molar-refractivity contribution in [3.8, 4) is 17.2 Å². The van der Waals surface area contributed by atoms with Crippen molar-refractivity contribution in [3.63, 3.8) is 0 Å². The Kier molecular flexibility index (Phi) is 4.50. The van der Waals surface area contributed by atoms with Crippen LogP contribution in [0.2, 0.25) is 0 Å². The molecule has 0 spiro atoms. The van der Waals surface area contributed by atoms with Crippen LogP contribution in [0.3, 0.4) is 0 Å². The summed E-state index contributed by atoms with van der Waals surface area (Å²) in [5, 5.41) is 12.7. The molecule has 0 radical (unpaired) electrons. The second-order valence-electron chi connectivity index (χ2n) is 8.54. The highest BCUT2D eigenvalue weighted by Crippen LogP contribution is 2.42. The van der Waals surface area contributed by atoms with Crippen molar-refractivity contribution in [2.24, 2.45) is 0 Å². The van der Waals surface area contributed by atoms with Crippen LogP contribution >= 0.6 is 0 Å². The number of ether oxygens (including phenoxy) is 2. The van der Waals surface area contributed by atoms with E-state index in [-0.39, 0.29) is 18.4 Å². The van der Waals surface area contributed by atoms with E-state index in [1.807, 2.05) is 49.4 Å². The quantitative estimate of drug-likeness (QED) is 0.461. The maximum atomic E-state index is 11.1. The first kappa shape index (κ1) is 19.7. The highest BCUT2D eigenvalue weighted by molar-refractivity contribution is 5.79. The summed E-state index contributed by atoms with van der Waals surface area (Å²) in [4.78, 5) is 15.8. The third kappa shape index (κ3) is 3.28. The third-order valence-corrected chi connectivity index (χ3v) is 6.42. The van der Waals surface area contributed by atoms with E-state index in [1.165, 1.54) is 0 Å². The first-order valence-electron chi connectivity index (χ1n) is 11.0. The average molecular weight is 441 g/mol. The number of anilines is 1. The van der Waals surface area contributed by atoms with E-state index in [0.29, 0.717) is 13.2 Å². The summed E-state index contributed by atoms with van der Waals surface area (Å²) in [7, 11) is 0. The van der Waals surface area contributed by atoms with Gasteiger partial charge in [0, 0.05) is 28.8 Å². The summed E-state index contributed by atoms with van der Waals surface area (Å²) in [6.45, 7) is 2.92. The van der Waals surface area contributed by atoms with Gasteiger partial charge in [0.15, 0.2) is 0 Å². The van der Waals surface area contributed by atoms with Crippen molar-refractivity contribution >= 4 is 22.7 Å². The number of aromatic nitrogens is 2. The normalized spacial score (nSPS) is 18.5. The van der Waals surface area contributed by atoms with E-state index in [1.54, 1.807) is 0 Å². The summed E-state index contributed by atoms with van der Waals surface area (Å²) in [6, 6.07) is 20.2. The standard InChI is InChI=1S/C26H23N3O4/c1-15-27-20-6-2-3-7-22(20)29(15)23-8-4-5-19-21(14-33-26(19)23)28-17-9-10-18-16(11-25(30)31)13-32-24(18)12-17/h2-10,12,16,21,28H,11,13-14H2,1H3,(H,30,31). The van der Waals surface area contributed by atoms with E-state index in [4.69, 9.17) is 19.6 Å². The monoisotopic (exact) mass is 441 g/mol. The molecule has 166 valence electrons. The SMILES string of the molecule is Cc1nc2ccccc2n1-c1cccc2c1OCC2Nc1ccc2c(c1)OCC2CC(=O)O. The molecule has 2 aliphatic rings. The minimum atomic E-state index is -0.810. The molecule has 2 atom stereocenters. The van der Waals surface area contributed by atoms with Gasteiger partial charge in [-0.25, -0.2) is 4.98 Å². The highest BCUT2D eigenvalue weighted by Gasteiger charge is 2.30. The Labute approximate surface area is 190 Å². The fourth-order valence-corrected chi connectivity index (χ4v) is 4.92. The Morgan fingerprint density at radius 2 is 1.97 bits per heavy atom. The molecule has 2 N–H and O–H groups in total. The predicted molar refractivity (Wildman–Crippen MR) is 125 cm³/mol. The molecule has 2 unspecified atom stereocenters. The van der Waals surface area contributed by atoms with Gasteiger partial charge in [-0.05, 0) is 31.2 Å². The van der Waals surface area contributed by atoms with Crippen LogP contribution in [0.4, 0.5) is 5.69 Å². The molecule has 1 aromatic heterocycles. The molecule has 3 heterocycles. The second-order valence-corrected chi connectivity index (χ2v) is 8.54. The van der Waals surface area contributed by atoms with Gasteiger partial charge in [-0.2, -0.15) is 0 Å². The number of hydrogen-bond acceptors (Lipinski definition) is 5. The van der Waals surface area contributed by atoms with Crippen molar-refractivity contribution in [1.82, 2.24) is 9.55 Å². The zero-order valence-electron chi connectivity index (χ0n) is 18.1. The van der Waals surface area contributed by atoms with E-state index >= 15 is 0 Å². The predicted octanol–water partition coefficient (Wildman–Crippen LogP) is 4.83. The van der Waals surface area contributed by atoms with Gasteiger partial charge in [0.25, 0.3) is 0 Å². The minimum Gasteiger partial charge on any atom is -0.493 e. The van der Waals surface area contributed by atoms with Gasteiger partial charge in [0.05, 0.1) is 35.8 Å². The average Bonchev–Trinajstić information content (AvgIpc) is 3.48. The molecule has 0 bridgehead atoms. The molecule has 0 fully saturated rings. The lowest BCUT2D eigenvalue weighted by Gasteiger charge is -2.15. The molecular formula is C26H23N3O4. The molecule has 0 amide bonds. The minimum absolute atomic E-state index is 0.00990. The molecule has 4 aromatic rings. The number of aryl methyl sites for hydroxylation is 1. The summed E-state index contributed by atoms with van der Waals surface area (Å²) in [6.07, 6.45) is 0.0781. The van der Waals surface area contributed by atoms with Crippen LogP contribution in [0.15, 0.2) is 60.7 Å². The Hall–Kier alpha value is -4.00. The molecule has 0 saturated carbocycles. The van der Waals surface area contributed by atoms with E-state index in [9.17, 15) is 4.79 Å². The molecule has 0 aliphatic carbocycles. The number of fused-ring (bicyclic) bond motifs is 3. The van der Waals surface area contributed by atoms with Crippen LogP contribution in [0.1, 0.15) is 35.3 Å². The maximum Gasteiger partial charge on any atom is 0.304 e. The molecule has 2 aliphatic heterocycles. The lowest BCUT2D eigenvalue weighted by molar-refractivity contribution is -0.137. The molecule has 6 rings (SSSR count). The molecule has 33 heavy (non-hydrogen) atoms. The van der Waals surface area contributed by atoms with E-state index in [0.717, 1.165) is 50.9 Å². The number of rotatable bonds is 5. The zero-order valence-corrected chi connectivity index (χ0v) is 18.1. The number of imidazole rings is 1. The first-order chi connectivity index (χ1) is 16.1. The van der Waals surface area contributed by atoms with Crippen molar-refractivity contribution < 1.29 is 19.4 Å². The number of carbonyl (C=O) groups is 1. The van der Waals surface area contributed by atoms with Gasteiger partial charge in [-0.3, -0.25) is 9.36 Å². The topological polar surface area (TPSA) is 85.6 Å². The zero-order chi connectivity index (χ0) is 22.5. The van der Waals surface area contributed by atoms with E-state index in [2.05, 4.69) is 28.1 Å². The Balaban J connectivity index is 1.30. The van der Waals surface area contributed by atoms with Gasteiger partial charge in [0.1, 0.15) is 23.9 Å². The fourth-order valence-electron chi connectivity index (χ4n) is 4.92. The Bertz CT molecular complexity index is 1390. The smallest absolute Gasteiger partial charge is 0.304 e. The Morgan fingerprint density at radius 3 is 2.85 bits per heavy atom. The lowest BCUT2D eigenvalue weighted by atomic mass is 9.97. The third-order valence-electron chi connectivity index (χ3n) is 6.42. The molecule has 3 aromatic carbocycles. The van der Waals surface area contributed by atoms with Gasteiger partial charge in [0.2, 0.25) is 0 Å². The number of hydrogen-bond donors (Lipinski definition) is 2. The number of carboxylic acids is 1. The number of carboxylic acid groups (broad SMARTS) is 1. The van der Waals surface area contributed by atoms with Gasteiger partial charge >= 0.3 is 5.97 Å².